The first-order valence-corrected chi connectivity index (χ1v) is 5.92. The molecule has 7 heteroatoms. The van der Waals surface area contributed by atoms with E-state index in [1.807, 2.05) is 0 Å². The van der Waals surface area contributed by atoms with Gasteiger partial charge in [0, 0.05) is 12.3 Å². The van der Waals surface area contributed by atoms with Gasteiger partial charge in [-0.25, -0.2) is 9.97 Å². The predicted octanol–water partition coefficient (Wildman–Crippen LogP) is 0.922. The molecular weight excluding hydrogens is 258 g/mol. The molecule has 3 rings (SSSR count). The molecule has 0 radical (unpaired) electrons. The Kier molecular flexibility index (Phi) is 3.10. The van der Waals surface area contributed by atoms with Crippen LogP contribution in [0.5, 0.6) is 5.75 Å². The van der Waals surface area contributed by atoms with E-state index in [9.17, 15) is 10.2 Å². The molecule has 0 aliphatic rings. The standard InChI is InChI=1S/C13H11N5O2/c19-8-9-7-15-17-18(9)12-5-6-14-13(16-12)10-3-1-2-4-11(10)20/h1-7,19-20H,8H2. The molecule has 2 aromatic heterocycles. The predicted molar refractivity (Wildman–Crippen MR) is 70.0 cm³/mol. The van der Waals surface area contributed by atoms with Crippen molar-refractivity contribution < 1.29 is 10.2 Å². The van der Waals surface area contributed by atoms with Gasteiger partial charge in [-0.15, -0.1) is 5.10 Å². The van der Waals surface area contributed by atoms with Gasteiger partial charge in [-0.1, -0.05) is 17.3 Å². The summed E-state index contributed by atoms with van der Waals surface area (Å²) in [6.07, 6.45) is 3.02. The number of nitrogens with zero attached hydrogens (tertiary/aromatic N) is 5. The molecule has 0 atom stereocenters. The van der Waals surface area contributed by atoms with Crippen LogP contribution in [-0.2, 0) is 6.61 Å². The third-order valence-electron chi connectivity index (χ3n) is 2.78. The molecule has 0 saturated heterocycles. The van der Waals surface area contributed by atoms with Gasteiger partial charge in [0.05, 0.1) is 24.1 Å². The summed E-state index contributed by atoms with van der Waals surface area (Å²) in [5, 5.41) is 26.6. The van der Waals surface area contributed by atoms with Gasteiger partial charge in [-0.05, 0) is 12.1 Å². The minimum Gasteiger partial charge on any atom is -0.507 e. The monoisotopic (exact) mass is 269 g/mol. The molecule has 1 aromatic carbocycles. The molecule has 7 nitrogen and oxygen atoms in total. The number of para-hydroxylation sites is 1. The van der Waals surface area contributed by atoms with Gasteiger partial charge in [0.25, 0.3) is 0 Å². The van der Waals surface area contributed by atoms with Gasteiger partial charge in [0.2, 0.25) is 0 Å². The van der Waals surface area contributed by atoms with Crippen LogP contribution in [0.3, 0.4) is 0 Å². The number of aromatic hydroxyl groups is 1. The number of phenols is 1. The second kappa shape index (κ2) is 5.06. The fraction of sp³-hybridized carbons (Fsp3) is 0.0769. The van der Waals surface area contributed by atoms with Crippen molar-refractivity contribution in [1.29, 1.82) is 0 Å². The van der Waals surface area contributed by atoms with E-state index in [-0.39, 0.29) is 12.4 Å². The Balaban J connectivity index is 2.09. The fourth-order valence-electron chi connectivity index (χ4n) is 1.82. The molecule has 0 unspecified atom stereocenters. The molecule has 100 valence electrons. The number of hydrogen-bond donors (Lipinski definition) is 2. The van der Waals surface area contributed by atoms with Crippen LogP contribution in [0.4, 0.5) is 0 Å². The van der Waals surface area contributed by atoms with Crippen LogP contribution in [0.1, 0.15) is 5.69 Å². The summed E-state index contributed by atoms with van der Waals surface area (Å²) in [4.78, 5) is 8.47. The van der Waals surface area contributed by atoms with Gasteiger partial charge in [0.1, 0.15) is 5.75 Å². The molecule has 20 heavy (non-hydrogen) atoms. The molecule has 3 aromatic rings. The molecule has 0 aliphatic heterocycles. The number of aliphatic hydroxyl groups is 1. The average molecular weight is 269 g/mol. The first-order chi connectivity index (χ1) is 9.79. The van der Waals surface area contributed by atoms with Crippen LogP contribution >= 0.6 is 0 Å². The van der Waals surface area contributed by atoms with Crippen molar-refractivity contribution in [1.82, 2.24) is 25.0 Å². The van der Waals surface area contributed by atoms with E-state index >= 15 is 0 Å². The lowest BCUT2D eigenvalue weighted by Gasteiger charge is -2.06. The van der Waals surface area contributed by atoms with Gasteiger partial charge in [-0.3, -0.25) is 0 Å². The van der Waals surface area contributed by atoms with Gasteiger partial charge in [-0.2, -0.15) is 4.68 Å². The fourth-order valence-corrected chi connectivity index (χ4v) is 1.82. The quantitative estimate of drug-likeness (QED) is 0.734. The molecule has 0 bridgehead atoms. The van der Waals surface area contributed by atoms with E-state index in [0.29, 0.717) is 22.9 Å². The number of hydrogen-bond acceptors (Lipinski definition) is 6. The first kappa shape index (κ1) is 12.2. The lowest BCUT2D eigenvalue weighted by atomic mass is 10.2. The lowest BCUT2D eigenvalue weighted by molar-refractivity contribution is 0.273. The van der Waals surface area contributed by atoms with Crippen molar-refractivity contribution in [3.63, 3.8) is 0 Å². The van der Waals surface area contributed by atoms with E-state index in [2.05, 4.69) is 20.3 Å². The number of aromatic nitrogens is 5. The third-order valence-corrected chi connectivity index (χ3v) is 2.78. The van der Waals surface area contributed by atoms with E-state index < -0.39 is 0 Å². The van der Waals surface area contributed by atoms with E-state index in [4.69, 9.17) is 0 Å². The number of aliphatic hydroxyl groups excluding tert-OH is 1. The Bertz CT molecular complexity index is 741. The summed E-state index contributed by atoms with van der Waals surface area (Å²) < 4.78 is 1.42. The van der Waals surface area contributed by atoms with Crippen LogP contribution in [-0.4, -0.2) is 35.2 Å². The zero-order valence-electron chi connectivity index (χ0n) is 10.4. The van der Waals surface area contributed by atoms with Crippen LogP contribution in [0.2, 0.25) is 0 Å². The summed E-state index contributed by atoms with van der Waals surface area (Å²) in [6.45, 7) is -0.192. The second-order valence-electron chi connectivity index (χ2n) is 4.05. The van der Waals surface area contributed by atoms with Crippen LogP contribution < -0.4 is 0 Å². The summed E-state index contributed by atoms with van der Waals surface area (Å²) in [5.41, 5.74) is 1.05. The van der Waals surface area contributed by atoms with Gasteiger partial charge < -0.3 is 10.2 Å². The highest BCUT2D eigenvalue weighted by Crippen LogP contribution is 2.25. The number of rotatable bonds is 3. The van der Waals surface area contributed by atoms with Crippen molar-refractivity contribution in [2.75, 3.05) is 0 Å². The van der Waals surface area contributed by atoms with Crippen LogP contribution in [0.25, 0.3) is 17.2 Å². The number of benzene rings is 1. The van der Waals surface area contributed by atoms with Gasteiger partial charge >= 0.3 is 0 Å². The second-order valence-corrected chi connectivity index (χ2v) is 4.05. The molecular formula is C13H11N5O2. The van der Waals surface area contributed by atoms with Crippen molar-refractivity contribution in [2.45, 2.75) is 6.61 Å². The Morgan fingerprint density at radius 1 is 1.15 bits per heavy atom. The smallest absolute Gasteiger partial charge is 0.165 e. The maximum atomic E-state index is 9.83. The Hall–Kier alpha value is -2.80. The number of phenolic OH excluding ortho intramolecular Hbond substituents is 1. The average Bonchev–Trinajstić information content (AvgIpc) is 2.96. The maximum Gasteiger partial charge on any atom is 0.165 e. The lowest BCUT2D eigenvalue weighted by Crippen LogP contribution is -2.05. The van der Waals surface area contributed by atoms with Crippen LogP contribution in [0, 0.1) is 0 Å². The van der Waals surface area contributed by atoms with E-state index in [1.54, 1.807) is 36.5 Å². The van der Waals surface area contributed by atoms with Gasteiger partial charge in [0.15, 0.2) is 11.6 Å². The molecule has 0 fully saturated rings. The van der Waals surface area contributed by atoms with Crippen molar-refractivity contribution in [3.8, 4) is 23.0 Å². The molecule has 0 spiro atoms. The van der Waals surface area contributed by atoms with Crippen molar-refractivity contribution >= 4 is 0 Å². The van der Waals surface area contributed by atoms with Crippen molar-refractivity contribution in [2.24, 2.45) is 0 Å². The highest BCUT2D eigenvalue weighted by Gasteiger charge is 2.10. The largest absolute Gasteiger partial charge is 0.507 e. The van der Waals surface area contributed by atoms with Crippen molar-refractivity contribution in [3.05, 3.63) is 48.4 Å². The Morgan fingerprint density at radius 2 is 2.00 bits per heavy atom. The van der Waals surface area contributed by atoms with Crippen LogP contribution in [0.15, 0.2) is 42.7 Å². The Morgan fingerprint density at radius 3 is 2.80 bits per heavy atom. The third kappa shape index (κ3) is 2.10. The molecule has 2 N–H and O–H groups in total. The summed E-state index contributed by atoms with van der Waals surface area (Å²) in [5.74, 6) is 0.949. The highest BCUT2D eigenvalue weighted by molar-refractivity contribution is 5.63. The summed E-state index contributed by atoms with van der Waals surface area (Å²) in [7, 11) is 0. The Labute approximate surface area is 114 Å². The zero-order valence-corrected chi connectivity index (χ0v) is 10.4. The highest BCUT2D eigenvalue weighted by atomic mass is 16.3. The molecule has 0 aliphatic carbocycles. The van der Waals surface area contributed by atoms with E-state index in [1.165, 1.54) is 10.9 Å². The minimum atomic E-state index is -0.192. The first-order valence-electron chi connectivity index (χ1n) is 5.92. The topological polar surface area (TPSA) is 97.0 Å². The minimum absolute atomic E-state index is 0.102. The summed E-state index contributed by atoms with van der Waals surface area (Å²) in [6, 6.07) is 8.46. The SMILES string of the molecule is OCc1cnnn1-c1ccnc(-c2ccccc2O)n1. The summed E-state index contributed by atoms with van der Waals surface area (Å²) >= 11 is 0. The van der Waals surface area contributed by atoms with E-state index in [0.717, 1.165) is 0 Å². The zero-order chi connectivity index (χ0) is 13.9. The normalized spacial score (nSPS) is 10.7. The maximum absolute atomic E-state index is 9.83. The molecule has 0 amide bonds. The molecule has 2 heterocycles. The molecule has 0 saturated carbocycles.